The first-order chi connectivity index (χ1) is 23.9. The van der Waals surface area contributed by atoms with Gasteiger partial charge in [-0.15, -0.1) is 0 Å². The van der Waals surface area contributed by atoms with E-state index in [0.717, 1.165) is 31.1 Å². The van der Waals surface area contributed by atoms with Gasteiger partial charge >= 0.3 is 0 Å². The van der Waals surface area contributed by atoms with Gasteiger partial charge in [0.1, 0.15) is 17.8 Å². The number of hydrogen-bond donors (Lipinski definition) is 4. The first kappa shape index (κ1) is 42.1. The molecule has 0 aliphatic heterocycles. The minimum atomic E-state index is 0.249. The highest BCUT2D eigenvalue weighted by Gasteiger charge is 1.95. The zero-order valence-electron chi connectivity index (χ0n) is 29.5. The van der Waals surface area contributed by atoms with Gasteiger partial charge in [0.15, 0.2) is 0 Å². The summed E-state index contributed by atoms with van der Waals surface area (Å²) in [5.41, 5.74) is 11.9. The first-order valence-corrected chi connectivity index (χ1v) is 17.2. The van der Waals surface area contributed by atoms with Crippen molar-refractivity contribution < 1.29 is 20.1 Å². The number of anilines is 1. The lowest BCUT2D eigenvalue weighted by Gasteiger charge is -2.01. The van der Waals surface area contributed by atoms with E-state index in [9.17, 15) is 9.90 Å². The van der Waals surface area contributed by atoms with Crippen molar-refractivity contribution in [2.24, 2.45) is 4.99 Å². The highest BCUT2D eigenvalue weighted by molar-refractivity contribution is 5.80. The number of unbranched alkanes of at least 4 members (excludes halogenated alkanes) is 6. The largest absolute Gasteiger partial charge is 0.508 e. The van der Waals surface area contributed by atoms with Crippen LogP contribution in [0.5, 0.6) is 11.5 Å². The molecule has 4 aromatic rings. The molecule has 0 saturated heterocycles. The Labute approximate surface area is 294 Å². The van der Waals surface area contributed by atoms with Crippen molar-refractivity contribution in [2.45, 2.75) is 78.1 Å². The van der Waals surface area contributed by atoms with E-state index in [2.05, 4.69) is 67.4 Å². The zero-order valence-corrected chi connectivity index (χ0v) is 29.5. The summed E-state index contributed by atoms with van der Waals surface area (Å²) in [4.78, 5) is 14.5. The van der Waals surface area contributed by atoms with E-state index in [1.165, 1.54) is 80.6 Å². The third kappa shape index (κ3) is 21.5. The molecule has 5 N–H and O–H groups in total. The number of phenols is 2. The third-order valence-corrected chi connectivity index (χ3v) is 7.31. The van der Waals surface area contributed by atoms with Gasteiger partial charge in [-0.05, 0) is 109 Å². The number of benzene rings is 4. The Morgan fingerprint density at radius 3 is 1.41 bits per heavy atom. The van der Waals surface area contributed by atoms with Gasteiger partial charge in [0.05, 0.1) is 5.69 Å². The van der Waals surface area contributed by atoms with Crippen LogP contribution in [0.2, 0.25) is 0 Å². The van der Waals surface area contributed by atoms with E-state index >= 15 is 0 Å². The summed E-state index contributed by atoms with van der Waals surface area (Å²) in [5.74, 6) is 0.508. The number of aliphatic hydroxyl groups is 1. The Morgan fingerprint density at radius 2 is 1.00 bits per heavy atom. The molecule has 0 saturated carbocycles. The number of nitrogens with zero attached hydrogens (tertiary/aromatic N) is 1. The fraction of sp³-hybridized carbons (Fsp3) is 0.302. The quantitative estimate of drug-likeness (QED) is 0.0252. The monoisotopic (exact) mass is 664 g/mol. The second-order valence-electron chi connectivity index (χ2n) is 11.3. The number of nitrogen functional groups attached to an aromatic ring is 1. The minimum absolute atomic E-state index is 0.249. The lowest BCUT2D eigenvalue weighted by Crippen LogP contribution is -1.85. The molecule has 6 nitrogen and oxygen atoms in total. The first-order valence-electron chi connectivity index (χ1n) is 17.2. The van der Waals surface area contributed by atoms with E-state index in [4.69, 9.17) is 15.9 Å². The van der Waals surface area contributed by atoms with Crippen LogP contribution in [-0.2, 0) is 17.6 Å². The molecule has 0 amide bonds. The molecule has 0 fully saturated rings. The number of carbonyl (C=O) groups excluding carboxylic acids is 1. The van der Waals surface area contributed by atoms with Gasteiger partial charge in [0.2, 0.25) is 0 Å². The normalized spacial score (nSPS) is 10.5. The Balaban J connectivity index is 0.000000398. The topological polar surface area (TPSA) is 116 Å². The minimum Gasteiger partial charge on any atom is -0.508 e. The van der Waals surface area contributed by atoms with Crippen LogP contribution in [0.1, 0.15) is 87.5 Å². The van der Waals surface area contributed by atoms with Gasteiger partial charge in [-0.3, -0.25) is 9.79 Å². The second-order valence-corrected chi connectivity index (χ2v) is 11.3. The summed E-state index contributed by atoms with van der Waals surface area (Å²) in [6, 6.07) is 30.4. The van der Waals surface area contributed by atoms with Gasteiger partial charge in [-0.1, -0.05) is 113 Å². The standard InChI is InChI=1S/C21H25NO.C15H20O.C6H7NO.CH4O/c1-2-3-4-5-7-18-9-11-19(12-10-18)8-6-17-22-20-13-15-21(23)16-14-20;1-2-3-4-5-7-14-9-11-15(12-10-14)8-6-13-16;7-5-1-3-6(8)4-2-5;1-2/h6,8-17,23H,2-5,7H2,1H3;6,8-13H,2-5,7H2,1H3;1-4,8H,7H2;2H,1H3/b8-6+,22-17?;8-6+;;. The van der Waals surface area contributed by atoms with Crippen LogP contribution in [0.25, 0.3) is 12.2 Å². The molecule has 0 radical (unpaired) electrons. The number of aryl methyl sites for hydroxylation is 2. The van der Waals surface area contributed by atoms with Gasteiger partial charge in [-0.2, -0.15) is 0 Å². The molecule has 0 heterocycles. The summed E-state index contributed by atoms with van der Waals surface area (Å²) in [6.45, 7) is 4.47. The van der Waals surface area contributed by atoms with Crippen molar-refractivity contribution in [1.29, 1.82) is 0 Å². The fourth-order valence-electron chi connectivity index (χ4n) is 4.55. The Kier molecular flexibility index (Phi) is 24.1. The van der Waals surface area contributed by atoms with Crippen molar-refractivity contribution >= 4 is 36.0 Å². The van der Waals surface area contributed by atoms with Crippen LogP contribution < -0.4 is 5.73 Å². The van der Waals surface area contributed by atoms with Crippen LogP contribution in [0.3, 0.4) is 0 Å². The average molecular weight is 665 g/mol. The Morgan fingerprint density at radius 1 is 0.571 bits per heavy atom. The maximum Gasteiger partial charge on any atom is 0.142 e. The molecule has 0 unspecified atom stereocenters. The summed E-state index contributed by atoms with van der Waals surface area (Å²) < 4.78 is 0. The molecule has 0 aromatic heterocycles. The summed E-state index contributed by atoms with van der Waals surface area (Å²) >= 11 is 0. The van der Waals surface area contributed by atoms with E-state index in [1.807, 2.05) is 18.2 Å². The van der Waals surface area contributed by atoms with Crippen molar-refractivity contribution in [3.8, 4) is 11.5 Å². The summed E-state index contributed by atoms with van der Waals surface area (Å²) in [7, 11) is 1.00. The number of aromatic hydroxyl groups is 2. The zero-order chi connectivity index (χ0) is 36.0. The molecule has 6 heteroatoms. The van der Waals surface area contributed by atoms with Gasteiger partial charge in [0.25, 0.3) is 0 Å². The number of aliphatic imine (C=N–C) groups is 1. The predicted octanol–water partition coefficient (Wildman–Crippen LogP) is 10.5. The molecule has 0 bridgehead atoms. The van der Waals surface area contributed by atoms with Crippen molar-refractivity contribution in [2.75, 3.05) is 12.8 Å². The lowest BCUT2D eigenvalue weighted by atomic mass is 10.0. The second kappa shape index (κ2) is 28.1. The van der Waals surface area contributed by atoms with Crippen molar-refractivity contribution in [1.82, 2.24) is 0 Å². The van der Waals surface area contributed by atoms with Gasteiger partial charge < -0.3 is 21.1 Å². The average Bonchev–Trinajstić information content (AvgIpc) is 3.14. The van der Waals surface area contributed by atoms with E-state index in [0.29, 0.717) is 5.69 Å². The Bertz CT molecular complexity index is 1440. The van der Waals surface area contributed by atoms with Crippen molar-refractivity contribution in [3.63, 3.8) is 0 Å². The SMILES string of the molecule is CCCCCCc1ccc(/C=C/C=Nc2ccc(O)cc2)cc1.CCCCCCc1ccc(/C=C/C=O)cc1.CO.Nc1ccc(O)cc1. The predicted molar refractivity (Wildman–Crippen MR) is 210 cm³/mol. The van der Waals surface area contributed by atoms with E-state index in [-0.39, 0.29) is 11.5 Å². The number of aliphatic hydroxyl groups excluding tert-OH is 1. The van der Waals surface area contributed by atoms with Crippen LogP contribution in [-0.4, -0.2) is 34.9 Å². The number of aldehydes is 1. The number of hydrogen-bond acceptors (Lipinski definition) is 6. The van der Waals surface area contributed by atoms with Gasteiger partial charge in [-0.25, -0.2) is 0 Å². The number of allylic oxidation sites excluding steroid dienone is 2. The van der Waals surface area contributed by atoms with Crippen molar-refractivity contribution in [3.05, 3.63) is 131 Å². The van der Waals surface area contributed by atoms with Crippen LogP contribution in [0.15, 0.2) is 114 Å². The van der Waals surface area contributed by atoms with Gasteiger partial charge in [0, 0.05) is 19.0 Å². The highest BCUT2D eigenvalue weighted by atomic mass is 16.3. The molecule has 262 valence electrons. The van der Waals surface area contributed by atoms with E-state index in [1.54, 1.807) is 54.7 Å². The third-order valence-electron chi connectivity index (χ3n) is 7.31. The lowest BCUT2D eigenvalue weighted by molar-refractivity contribution is -0.104. The Hall–Kier alpha value is -4.94. The molecule has 0 spiro atoms. The molecule has 0 aliphatic rings. The number of nitrogens with two attached hydrogens (primary N) is 1. The smallest absolute Gasteiger partial charge is 0.142 e. The molecule has 4 rings (SSSR count). The number of phenolic OH excluding ortho intramolecular Hbond substituents is 2. The molecule has 0 atom stereocenters. The van der Waals surface area contributed by atoms with E-state index < -0.39 is 0 Å². The molecular weight excluding hydrogens is 608 g/mol. The van der Waals surface area contributed by atoms with Crippen LogP contribution in [0.4, 0.5) is 11.4 Å². The fourth-order valence-corrected chi connectivity index (χ4v) is 4.55. The maximum absolute atomic E-state index is 10.2. The van der Waals surface area contributed by atoms with Crippen LogP contribution >= 0.6 is 0 Å². The molecule has 49 heavy (non-hydrogen) atoms. The maximum atomic E-state index is 10.2. The molecule has 4 aromatic carbocycles. The molecular formula is C43H56N2O4. The number of carbonyl (C=O) groups is 1. The highest BCUT2D eigenvalue weighted by Crippen LogP contribution is 2.16. The van der Waals surface area contributed by atoms with Crippen LogP contribution in [0, 0.1) is 0 Å². The summed E-state index contributed by atoms with van der Waals surface area (Å²) in [6.07, 6.45) is 22.7. The summed E-state index contributed by atoms with van der Waals surface area (Å²) in [5, 5.41) is 24.9. The number of rotatable bonds is 15. The molecule has 0 aliphatic carbocycles.